The molecule has 6 nitrogen and oxygen atoms in total. The van der Waals surface area contributed by atoms with Crippen LogP contribution in [0.1, 0.15) is 18.4 Å². The number of nitro benzene ring substituents is 1. The van der Waals surface area contributed by atoms with Crippen LogP contribution in [-0.4, -0.2) is 24.0 Å². The van der Waals surface area contributed by atoms with Crippen LogP contribution < -0.4 is 5.32 Å². The SMILES string of the molecule is COC(=O)/C=C/c1ccc(NC2CC=CC2)c([N+](=O)[O-])c1. The van der Waals surface area contributed by atoms with Gasteiger partial charge in [-0.05, 0) is 30.5 Å². The van der Waals surface area contributed by atoms with Crippen LogP contribution in [0.2, 0.25) is 0 Å². The molecular weight excluding hydrogens is 272 g/mol. The molecule has 0 saturated heterocycles. The molecule has 0 aliphatic heterocycles. The molecule has 0 radical (unpaired) electrons. The molecule has 1 aromatic rings. The number of hydrogen-bond acceptors (Lipinski definition) is 5. The Balaban J connectivity index is 2.20. The lowest BCUT2D eigenvalue weighted by Crippen LogP contribution is -2.16. The molecule has 0 spiro atoms. The lowest BCUT2D eigenvalue weighted by Gasteiger charge is -2.13. The highest BCUT2D eigenvalue weighted by Crippen LogP contribution is 2.28. The van der Waals surface area contributed by atoms with Crippen LogP contribution in [0.4, 0.5) is 11.4 Å². The first-order valence-corrected chi connectivity index (χ1v) is 6.56. The van der Waals surface area contributed by atoms with Gasteiger partial charge in [0.2, 0.25) is 0 Å². The number of nitrogens with one attached hydrogen (secondary N) is 1. The van der Waals surface area contributed by atoms with Crippen LogP contribution in [0.15, 0.2) is 36.4 Å². The third-order valence-electron chi connectivity index (χ3n) is 3.20. The molecule has 0 unspecified atom stereocenters. The van der Waals surface area contributed by atoms with Gasteiger partial charge in [0.1, 0.15) is 5.69 Å². The van der Waals surface area contributed by atoms with Crippen molar-refractivity contribution in [3.63, 3.8) is 0 Å². The molecular formula is C15H16N2O4. The van der Waals surface area contributed by atoms with Gasteiger partial charge in [-0.2, -0.15) is 0 Å². The van der Waals surface area contributed by atoms with Gasteiger partial charge in [0, 0.05) is 18.2 Å². The second-order valence-electron chi connectivity index (χ2n) is 4.67. The average molecular weight is 288 g/mol. The maximum Gasteiger partial charge on any atom is 0.330 e. The molecule has 1 aliphatic carbocycles. The predicted molar refractivity (Wildman–Crippen MR) is 79.9 cm³/mol. The maximum atomic E-state index is 11.2. The van der Waals surface area contributed by atoms with Gasteiger partial charge in [0.15, 0.2) is 0 Å². The van der Waals surface area contributed by atoms with E-state index in [0.29, 0.717) is 11.3 Å². The first-order chi connectivity index (χ1) is 10.1. The van der Waals surface area contributed by atoms with Gasteiger partial charge in [-0.1, -0.05) is 18.2 Å². The van der Waals surface area contributed by atoms with Gasteiger partial charge in [0.05, 0.1) is 12.0 Å². The minimum absolute atomic E-state index is 0.00563. The van der Waals surface area contributed by atoms with Crippen LogP contribution in [0.25, 0.3) is 6.08 Å². The molecule has 0 fully saturated rings. The van der Waals surface area contributed by atoms with E-state index in [2.05, 4.69) is 22.2 Å². The number of hydrogen-bond donors (Lipinski definition) is 1. The van der Waals surface area contributed by atoms with Crippen molar-refractivity contribution in [2.75, 3.05) is 12.4 Å². The molecule has 1 N–H and O–H groups in total. The molecule has 6 heteroatoms. The Labute approximate surface area is 122 Å². The van der Waals surface area contributed by atoms with Crippen LogP contribution in [-0.2, 0) is 9.53 Å². The monoisotopic (exact) mass is 288 g/mol. The number of anilines is 1. The topological polar surface area (TPSA) is 81.5 Å². The quantitative estimate of drug-likeness (QED) is 0.296. The van der Waals surface area contributed by atoms with Crippen molar-refractivity contribution in [1.29, 1.82) is 0 Å². The highest BCUT2D eigenvalue weighted by atomic mass is 16.6. The molecule has 21 heavy (non-hydrogen) atoms. The Bertz CT molecular complexity index is 600. The molecule has 1 aromatic carbocycles. The molecule has 0 heterocycles. The van der Waals surface area contributed by atoms with E-state index >= 15 is 0 Å². The van der Waals surface area contributed by atoms with Gasteiger partial charge in [-0.25, -0.2) is 4.79 Å². The molecule has 0 bridgehead atoms. The summed E-state index contributed by atoms with van der Waals surface area (Å²) in [6.07, 6.45) is 8.54. The summed E-state index contributed by atoms with van der Waals surface area (Å²) in [6, 6.07) is 5.01. The molecule has 110 valence electrons. The predicted octanol–water partition coefficient (Wildman–Crippen LogP) is 2.91. The number of nitrogens with zero attached hydrogens (tertiary/aromatic N) is 1. The van der Waals surface area contributed by atoms with Gasteiger partial charge in [-0.3, -0.25) is 10.1 Å². The Hall–Kier alpha value is -2.63. The van der Waals surface area contributed by atoms with Crippen molar-refractivity contribution < 1.29 is 14.5 Å². The zero-order valence-corrected chi connectivity index (χ0v) is 11.6. The molecule has 2 rings (SSSR count). The van der Waals surface area contributed by atoms with Crippen LogP contribution in [0.5, 0.6) is 0 Å². The lowest BCUT2D eigenvalue weighted by molar-refractivity contribution is -0.384. The zero-order chi connectivity index (χ0) is 15.2. The van der Waals surface area contributed by atoms with Crippen molar-refractivity contribution in [1.82, 2.24) is 0 Å². The van der Waals surface area contributed by atoms with Crippen molar-refractivity contribution in [3.05, 3.63) is 52.1 Å². The zero-order valence-electron chi connectivity index (χ0n) is 11.6. The summed E-state index contributed by atoms with van der Waals surface area (Å²) in [4.78, 5) is 21.8. The third-order valence-corrected chi connectivity index (χ3v) is 3.20. The van der Waals surface area contributed by atoms with E-state index in [1.54, 1.807) is 12.1 Å². The first-order valence-electron chi connectivity index (χ1n) is 6.56. The fourth-order valence-electron chi connectivity index (χ4n) is 2.11. The summed E-state index contributed by atoms with van der Waals surface area (Å²) in [5.74, 6) is -0.503. The Kier molecular flexibility index (Phi) is 4.71. The number of benzene rings is 1. The molecule has 0 atom stereocenters. The molecule has 0 saturated carbocycles. The Morgan fingerprint density at radius 1 is 1.43 bits per heavy atom. The number of nitro groups is 1. The number of ether oxygens (including phenoxy) is 1. The standard InChI is InChI=1S/C15H16N2O4/c1-21-15(18)9-7-11-6-8-13(14(10-11)17(19)20)16-12-4-2-3-5-12/h2-3,6-10,12,16H,4-5H2,1H3/b9-7+. The summed E-state index contributed by atoms with van der Waals surface area (Å²) in [7, 11) is 1.28. The van der Waals surface area contributed by atoms with Crippen molar-refractivity contribution in [2.24, 2.45) is 0 Å². The van der Waals surface area contributed by atoms with E-state index in [1.807, 2.05) is 0 Å². The van der Waals surface area contributed by atoms with Gasteiger partial charge < -0.3 is 10.1 Å². The number of esters is 1. The van der Waals surface area contributed by atoms with Crippen molar-refractivity contribution >= 4 is 23.4 Å². The van der Waals surface area contributed by atoms with E-state index in [9.17, 15) is 14.9 Å². The largest absolute Gasteiger partial charge is 0.466 e. The second-order valence-corrected chi connectivity index (χ2v) is 4.67. The van der Waals surface area contributed by atoms with E-state index < -0.39 is 10.9 Å². The fraction of sp³-hybridized carbons (Fsp3) is 0.267. The summed E-state index contributed by atoms with van der Waals surface area (Å²) in [5, 5.41) is 14.4. The van der Waals surface area contributed by atoms with Gasteiger partial charge >= 0.3 is 5.97 Å². The van der Waals surface area contributed by atoms with E-state index in [1.165, 1.54) is 25.3 Å². The lowest BCUT2D eigenvalue weighted by atomic mass is 10.1. The van der Waals surface area contributed by atoms with Gasteiger partial charge in [-0.15, -0.1) is 0 Å². The number of carbonyl (C=O) groups is 1. The summed E-state index contributed by atoms with van der Waals surface area (Å²) in [5.41, 5.74) is 1.06. The summed E-state index contributed by atoms with van der Waals surface area (Å²) < 4.78 is 4.48. The van der Waals surface area contributed by atoms with E-state index in [-0.39, 0.29) is 11.7 Å². The van der Waals surface area contributed by atoms with Crippen LogP contribution in [0, 0.1) is 10.1 Å². The molecule has 0 amide bonds. The van der Waals surface area contributed by atoms with Gasteiger partial charge in [0.25, 0.3) is 5.69 Å². The highest BCUT2D eigenvalue weighted by molar-refractivity contribution is 5.87. The Morgan fingerprint density at radius 3 is 2.76 bits per heavy atom. The second kappa shape index (κ2) is 6.69. The highest BCUT2D eigenvalue weighted by Gasteiger charge is 2.18. The number of methoxy groups -OCH3 is 1. The Morgan fingerprint density at radius 2 is 2.14 bits per heavy atom. The van der Waals surface area contributed by atoms with Crippen molar-refractivity contribution in [2.45, 2.75) is 18.9 Å². The summed E-state index contributed by atoms with van der Waals surface area (Å²) >= 11 is 0. The van der Waals surface area contributed by atoms with E-state index in [4.69, 9.17) is 0 Å². The normalized spacial score (nSPS) is 14.5. The minimum atomic E-state index is -0.503. The number of carbonyl (C=O) groups excluding carboxylic acids is 1. The number of rotatable bonds is 5. The van der Waals surface area contributed by atoms with E-state index in [0.717, 1.165) is 12.8 Å². The molecule has 0 aromatic heterocycles. The average Bonchev–Trinajstić information content (AvgIpc) is 2.98. The smallest absolute Gasteiger partial charge is 0.330 e. The maximum absolute atomic E-state index is 11.2. The van der Waals surface area contributed by atoms with Crippen LogP contribution >= 0.6 is 0 Å². The molecule has 1 aliphatic rings. The summed E-state index contributed by atoms with van der Waals surface area (Å²) in [6.45, 7) is 0. The third kappa shape index (κ3) is 3.92. The fourth-order valence-corrected chi connectivity index (χ4v) is 2.11. The first kappa shape index (κ1) is 14.8. The van der Waals surface area contributed by atoms with Crippen LogP contribution in [0.3, 0.4) is 0 Å². The minimum Gasteiger partial charge on any atom is -0.466 e. The van der Waals surface area contributed by atoms with Crippen molar-refractivity contribution in [3.8, 4) is 0 Å².